The second kappa shape index (κ2) is 9.16. The first kappa shape index (κ1) is 23.5. The molecule has 7 nitrogen and oxygen atoms in total. The number of aromatic nitrogens is 3. The van der Waals surface area contributed by atoms with Crippen molar-refractivity contribution in [2.24, 2.45) is 0 Å². The topological polar surface area (TPSA) is 83.0 Å². The first-order chi connectivity index (χ1) is 14.5. The summed E-state index contributed by atoms with van der Waals surface area (Å²) >= 11 is 2.06. The van der Waals surface area contributed by atoms with Gasteiger partial charge >= 0.3 is 18.3 Å². The molecule has 15 heteroatoms. The molecule has 0 saturated carbocycles. The van der Waals surface area contributed by atoms with E-state index in [1.807, 2.05) is 6.26 Å². The predicted octanol–water partition coefficient (Wildman–Crippen LogP) is 4.27. The molecule has 1 aliphatic rings. The lowest BCUT2D eigenvalue weighted by molar-refractivity contribution is -0.167. The standard InChI is InChI=1S/C16H16F6N6OS2/c1-30-28-4-2-8(3-5-28)25-13-23-6-9(15(17,18)19)11(26-13)10-7-24-14(31-10)27-12(29)16(20,21)22/h6-8H,2-5H2,1H3,(H,23,25,26)(H,24,27,29). The minimum atomic E-state index is -5.15. The summed E-state index contributed by atoms with van der Waals surface area (Å²) in [6.07, 6.45) is -4.95. The third-order valence-corrected chi connectivity index (χ3v) is 6.16. The molecular formula is C16H16F6N6OS2. The predicted molar refractivity (Wildman–Crippen MR) is 105 cm³/mol. The molecule has 0 unspecified atom stereocenters. The van der Waals surface area contributed by atoms with Crippen LogP contribution in [0.15, 0.2) is 12.4 Å². The highest BCUT2D eigenvalue weighted by Gasteiger charge is 2.40. The van der Waals surface area contributed by atoms with Gasteiger partial charge in [-0.1, -0.05) is 23.3 Å². The number of thiazole rings is 1. The van der Waals surface area contributed by atoms with Gasteiger partial charge in [-0.25, -0.2) is 15.0 Å². The summed E-state index contributed by atoms with van der Waals surface area (Å²) in [4.78, 5) is 22.2. The number of alkyl halides is 6. The number of rotatable bonds is 5. The van der Waals surface area contributed by atoms with Gasteiger partial charge in [0.2, 0.25) is 5.95 Å². The summed E-state index contributed by atoms with van der Waals surface area (Å²) in [7, 11) is 0. The number of hydrogen-bond acceptors (Lipinski definition) is 8. The number of hydrogen-bond donors (Lipinski definition) is 2. The van der Waals surface area contributed by atoms with Crippen LogP contribution in [0.2, 0.25) is 0 Å². The largest absolute Gasteiger partial charge is 0.471 e. The van der Waals surface area contributed by atoms with E-state index in [-0.39, 0.29) is 16.9 Å². The Hall–Kier alpha value is -2.13. The van der Waals surface area contributed by atoms with Crippen LogP contribution in [0.4, 0.5) is 37.4 Å². The maximum absolute atomic E-state index is 13.4. The van der Waals surface area contributed by atoms with Crippen molar-refractivity contribution in [1.82, 2.24) is 19.3 Å². The smallest absolute Gasteiger partial charge is 0.351 e. The normalized spacial score (nSPS) is 16.4. The van der Waals surface area contributed by atoms with Crippen molar-refractivity contribution >= 4 is 40.3 Å². The molecule has 0 aromatic carbocycles. The molecule has 31 heavy (non-hydrogen) atoms. The molecule has 1 amide bonds. The Morgan fingerprint density at radius 2 is 1.84 bits per heavy atom. The molecule has 2 N–H and O–H groups in total. The molecule has 0 spiro atoms. The van der Waals surface area contributed by atoms with E-state index < -0.39 is 34.6 Å². The van der Waals surface area contributed by atoms with Crippen LogP contribution in [0.3, 0.4) is 0 Å². The van der Waals surface area contributed by atoms with Gasteiger partial charge in [-0.15, -0.1) is 0 Å². The van der Waals surface area contributed by atoms with Crippen LogP contribution in [0.5, 0.6) is 0 Å². The summed E-state index contributed by atoms with van der Waals surface area (Å²) in [6.45, 7) is 1.59. The molecule has 2 aromatic rings. The lowest BCUT2D eigenvalue weighted by Crippen LogP contribution is -2.35. The van der Waals surface area contributed by atoms with E-state index in [1.165, 1.54) is 5.32 Å². The number of anilines is 2. The minimum Gasteiger partial charge on any atom is -0.351 e. The van der Waals surface area contributed by atoms with Crippen molar-refractivity contribution in [2.45, 2.75) is 31.2 Å². The van der Waals surface area contributed by atoms with Crippen LogP contribution in [0, 0.1) is 0 Å². The van der Waals surface area contributed by atoms with E-state index in [4.69, 9.17) is 0 Å². The van der Waals surface area contributed by atoms with Gasteiger partial charge in [0.1, 0.15) is 5.56 Å². The third kappa shape index (κ3) is 5.98. The summed E-state index contributed by atoms with van der Waals surface area (Å²) in [6, 6.07) is -0.0314. The van der Waals surface area contributed by atoms with Crippen LogP contribution >= 0.6 is 23.3 Å². The SMILES string of the molecule is CSN1CCC(Nc2ncc(C(F)(F)F)c(-c3cnc(NC(=O)C(F)(F)F)s3)n2)CC1. The van der Waals surface area contributed by atoms with Crippen LogP contribution in [0.1, 0.15) is 18.4 Å². The summed E-state index contributed by atoms with van der Waals surface area (Å²) in [5.41, 5.74) is -1.69. The van der Waals surface area contributed by atoms with E-state index in [0.29, 0.717) is 17.5 Å². The molecule has 1 fully saturated rings. The number of carbonyl (C=O) groups excluding carboxylic acids is 1. The van der Waals surface area contributed by atoms with E-state index in [2.05, 4.69) is 24.6 Å². The van der Waals surface area contributed by atoms with Crippen molar-refractivity contribution in [1.29, 1.82) is 0 Å². The first-order valence-electron chi connectivity index (χ1n) is 8.81. The molecule has 170 valence electrons. The highest BCUT2D eigenvalue weighted by molar-refractivity contribution is 7.96. The van der Waals surface area contributed by atoms with Gasteiger partial charge in [0.15, 0.2) is 5.13 Å². The fraction of sp³-hybridized carbons (Fsp3) is 0.500. The average Bonchev–Trinajstić information content (AvgIpc) is 3.15. The maximum atomic E-state index is 13.4. The number of halogens is 6. The number of piperidine rings is 1. The highest BCUT2D eigenvalue weighted by atomic mass is 32.2. The monoisotopic (exact) mass is 486 g/mol. The molecule has 3 heterocycles. The van der Waals surface area contributed by atoms with Crippen LogP contribution < -0.4 is 10.6 Å². The fourth-order valence-electron chi connectivity index (χ4n) is 2.82. The second-order valence-corrected chi connectivity index (χ2v) is 8.38. The van der Waals surface area contributed by atoms with E-state index in [1.54, 1.807) is 11.9 Å². The second-order valence-electron chi connectivity index (χ2n) is 6.47. The maximum Gasteiger partial charge on any atom is 0.471 e. The van der Waals surface area contributed by atoms with Crippen molar-refractivity contribution in [2.75, 3.05) is 30.0 Å². The van der Waals surface area contributed by atoms with Crippen molar-refractivity contribution in [3.05, 3.63) is 18.0 Å². The van der Waals surface area contributed by atoms with Gasteiger partial charge in [-0.2, -0.15) is 26.3 Å². The molecule has 3 rings (SSSR count). The molecule has 0 atom stereocenters. The van der Waals surface area contributed by atoms with Crippen LogP contribution in [-0.2, 0) is 11.0 Å². The Morgan fingerprint density at radius 3 is 2.42 bits per heavy atom. The van der Waals surface area contributed by atoms with E-state index in [9.17, 15) is 31.1 Å². The van der Waals surface area contributed by atoms with Gasteiger partial charge < -0.3 is 5.32 Å². The molecular weight excluding hydrogens is 470 g/mol. The molecule has 2 aromatic heterocycles. The number of carbonyl (C=O) groups is 1. The average molecular weight is 486 g/mol. The quantitative estimate of drug-likeness (QED) is 0.482. The summed E-state index contributed by atoms with van der Waals surface area (Å²) in [5.74, 6) is -2.30. The van der Waals surface area contributed by atoms with Crippen molar-refractivity contribution in [3.63, 3.8) is 0 Å². The number of nitrogens with zero attached hydrogens (tertiary/aromatic N) is 4. The Morgan fingerprint density at radius 1 is 1.16 bits per heavy atom. The number of amides is 1. The van der Waals surface area contributed by atoms with Crippen molar-refractivity contribution < 1.29 is 31.1 Å². The molecule has 0 aliphatic carbocycles. The zero-order chi connectivity index (χ0) is 22.8. The van der Waals surface area contributed by atoms with Crippen LogP contribution in [-0.4, -0.2) is 56.7 Å². The Kier molecular flexibility index (Phi) is 6.95. The van der Waals surface area contributed by atoms with Gasteiger partial charge in [-0.3, -0.25) is 14.4 Å². The minimum absolute atomic E-state index is 0.0279. The Bertz CT molecular complexity index is 926. The Balaban J connectivity index is 1.84. The molecule has 0 radical (unpaired) electrons. The highest BCUT2D eigenvalue weighted by Crippen LogP contribution is 2.39. The molecule has 0 bridgehead atoms. The van der Waals surface area contributed by atoms with E-state index >= 15 is 0 Å². The molecule has 1 saturated heterocycles. The van der Waals surface area contributed by atoms with Gasteiger partial charge in [0, 0.05) is 31.5 Å². The first-order valence-corrected chi connectivity index (χ1v) is 10.8. The van der Waals surface area contributed by atoms with Crippen LogP contribution in [0.25, 0.3) is 10.6 Å². The number of nitrogens with one attached hydrogen (secondary N) is 2. The molecule has 1 aliphatic heterocycles. The van der Waals surface area contributed by atoms with E-state index in [0.717, 1.165) is 32.1 Å². The fourth-order valence-corrected chi connectivity index (χ4v) is 4.21. The van der Waals surface area contributed by atoms with Gasteiger partial charge in [-0.05, 0) is 19.1 Å². The third-order valence-electron chi connectivity index (χ3n) is 4.36. The Labute approximate surface area is 180 Å². The zero-order valence-corrected chi connectivity index (χ0v) is 17.5. The summed E-state index contributed by atoms with van der Waals surface area (Å²) < 4.78 is 79.6. The lowest BCUT2D eigenvalue weighted by Gasteiger charge is -2.30. The van der Waals surface area contributed by atoms with Gasteiger partial charge in [0.05, 0.1) is 10.6 Å². The lowest BCUT2D eigenvalue weighted by atomic mass is 10.1. The van der Waals surface area contributed by atoms with Crippen molar-refractivity contribution in [3.8, 4) is 10.6 Å². The summed E-state index contributed by atoms with van der Waals surface area (Å²) in [5, 5.41) is 4.03. The van der Waals surface area contributed by atoms with Gasteiger partial charge in [0.25, 0.3) is 0 Å². The zero-order valence-electron chi connectivity index (χ0n) is 15.8.